The first kappa shape index (κ1) is 16.8. The van der Waals surface area contributed by atoms with Crippen LogP contribution >= 0.6 is 15.9 Å². The van der Waals surface area contributed by atoms with E-state index in [-0.39, 0.29) is 6.04 Å². The minimum Gasteiger partial charge on any atom is -0.493 e. The van der Waals surface area contributed by atoms with E-state index in [0.717, 1.165) is 22.9 Å². The van der Waals surface area contributed by atoms with Crippen LogP contribution in [0.15, 0.2) is 16.6 Å². The van der Waals surface area contributed by atoms with Crippen LogP contribution in [-0.2, 0) is 6.42 Å². The van der Waals surface area contributed by atoms with E-state index in [0.29, 0.717) is 30.9 Å². The Balaban J connectivity index is 2.82. The van der Waals surface area contributed by atoms with E-state index in [4.69, 9.17) is 20.5 Å². The minimum absolute atomic E-state index is 0.147. The van der Waals surface area contributed by atoms with E-state index >= 15 is 0 Å². The topological polar surface area (TPSA) is 68.3 Å². The molecule has 4 nitrogen and oxygen atoms in total. The number of ether oxygens (including phenoxy) is 2. The number of unbranched alkanes of at least 4 members (excludes halogenated alkanes) is 1. The summed E-state index contributed by atoms with van der Waals surface area (Å²) >= 11 is 3.51. The van der Waals surface area contributed by atoms with Crippen molar-refractivity contribution in [2.45, 2.75) is 38.6 Å². The Kier molecular flexibility index (Phi) is 7.42. The summed E-state index contributed by atoms with van der Waals surface area (Å²) < 4.78 is 11.9. The van der Waals surface area contributed by atoms with Crippen LogP contribution in [0.3, 0.4) is 0 Å². The molecule has 0 heterocycles. The molecule has 0 fully saturated rings. The maximum atomic E-state index is 8.51. The lowest BCUT2D eigenvalue weighted by Crippen LogP contribution is -2.21. The van der Waals surface area contributed by atoms with E-state index in [1.165, 1.54) is 0 Å². The molecule has 1 aromatic rings. The van der Waals surface area contributed by atoms with Crippen LogP contribution in [0.4, 0.5) is 0 Å². The molecule has 0 aliphatic carbocycles. The molecule has 5 heteroatoms. The van der Waals surface area contributed by atoms with Crippen molar-refractivity contribution >= 4 is 15.9 Å². The van der Waals surface area contributed by atoms with Crippen molar-refractivity contribution in [3.05, 3.63) is 22.2 Å². The fourth-order valence-electron chi connectivity index (χ4n) is 1.80. The monoisotopic (exact) mass is 340 g/mol. The van der Waals surface area contributed by atoms with Crippen molar-refractivity contribution in [2.24, 2.45) is 5.73 Å². The van der Waals surface area contributed by atoms with Gasteiger partial charge in [-0.2, -0.15) is 5.26 Å². The number of hydrogen-bond acceptors (Lipinski definition) is 4. The third-order valence-corrected chi connectivity index (χ3v) is 3.58. The van der Waals surface area contributed by atoms with E-state index in [2.05, 4.69) is 28.9 Å². The fraction of sp³-hybridized carbons (Fsp3) is 0.533. The maximum Gasteiger partial charge on any atom is 0.175 e. The first-order chi connectivity index (χ1) is 9.62. The van der Waals surface area contributed by atoms with Crippen molar-refractivity contribution in [1.29, 1.82) is 5.26 Å². The molecule has 1 unspecified atom stereocenters. The molecular weight excluding hydrogens is 320 g/mol. The molecule has 0 amide bonds. The summed E-state index contributed by atoms with van der Waals surface area (Å²) in [6.07, 6.45) is 2.93. The molecule has 1 rings (SSSR count). The van der Waals surface area contributed by atoms with E-state index in [9.17, 15) is 0 Å². The van der Waals surface area contributed by atoms with Gasteiger partial charge in [0.15, 0.2) is 11.5 Å². The minimum atomic E-state index is 0.147. The van der Waals surface area contributed by atoms with E-state index in [1.54, 1.807) is 7.11 Å². The number of rotatable bonds is 8. The average molecular weight is 341 g/mol. The Labute approximate surface area is 129 Å². The highest BCUT2D eigenvalue weighted by molar-refractivity contribution is 9.10. The molecule has 1 atom stereocenters. The highest BCUT2D eigenvalue weighted by Crippen LogP contribution is 2.37. The van der Waals surface area contributed by atoms with Gasteiger partial charge >= 0.3 is 0 Å². The maximum absolute atomic E-state index is 8.51. The van der Waals surface area contributed by atoms with Crippen molar-refractivity contribution in [3.8, 4) is 17.6 Å². The summed E-state index contributed by atoms with van der Waals surface area (Å²) in [5.74, 6) is 1.37. The molecule has 0 radical (unpaired) electrons. The lowest BCUT2D eigenvalue weighted by Gasteiger charge is -2.15. The van der Waals surface area contributed by atoms with Gasteiger partial charge in [-0.3, -0.25) is 0 Å². The molecule has 110 valence electrons. The largest absolute Gasteiger partial charge is 0.493 e. The second kappa shape index (κ2) is 8.83. The molecule has 0 aliphatic rings. The van der Waals surface area contributed by atoms with Crippen LogP contribution in [-0.4, -0.2) is 19.8 Å². The summed E-state index contributed by atoms with van der Waals surface area (Å²) in [5.41, 5.74) is 7.10. The first-order valence-electron chi connectivity index (χ1n) is 6.74. The number of halogens is 1. The predicted octanol–water partition coefficient (Wildman–Crippen LogP) is 3.42. The highest BCUT2D eigenvalue weighted by Gasteiger charge is 2.13. The summed E-state index contributed by atoms with van der Waals surface area (Å²) in [5, 5.41) is 8.51. The van der Waals surface area contributed by atoms with Gasteiger partial charge in [-0.15, -0.1) is 0 Å². The number of hydrogen-bond donors (Lipinski definition) is 1. The normalized spacial score (nSPS) is 11.8. The fourth-order valence-corrected chi connectivity index (χ4v) is 2.41. The highest BCUT2D eigenvalue weighted by atomic mass is 79.9. The zero-order valence-corrected chi connectivity index (χ0v) is 13.6. The summed E-state index contributed by atoms with van der Waals surface area (Å²) in [7, 11) is 1.62. The molecule has 0 bridgehead atoms. The van der Waals surface area contributed by atoms with Crippen LogP contribution in [0.5, 0.6) is 11.5 Å². The molecule has 0 saturated carbocycles. The number of methoxy groups -OCH3 is 1. The lowest BCUT2D eigenvalue weighted by molar-refractivity contribution is 0.288. The molecule has 0 aliphatic heterocycles. The second-order valence-electron chi connectivity index (χ2n) is 4.59. The number of nitrogens with two attached hydrogens (primary N) is 1. The zero-order valence-electron chi connectivity index (χ0n) is 12.0. The Bertz CT molecular complexity index is 472. The second-order valence-corrected chi connectivity index (χ2v) is 5.45. The van der Waals surface area contributed by atoms with E-state index < -0.39 is 0 Å². The van der Waals surface area contributed by atoms with Gasteiger partial charge in [0.05, 0.1) is 24.3 Å². The van der Waals surface area contributed by atoms with Gasteiger partial charge in [0, 0.05) is 12.5 Å². The van der Waals surface area contributed by atoms with Gasteiger partial charge in [-0.05, 0) is 52.9 Å². The first-order valence-corrected chi connectivity index (χ1v) is 7.53. The lowest BCUT2D eigenvalue weighted by atomic mass is 10.0. The van der Waals surface area contributed by atoms with Gasteiger partial charge in [-0.1, -0.05) is 6.92 Å². The van der Waals surface area contributed by atoms with Gasteiger partial charge in [0.25, 0.3) is 0 Å². The number of benzene rings is 1. The van der Waals surface area contributed by atoms with Gasteiger partial charge in [0.1, 0.15) is 0 Å². The number of nitriles is 1. The van der Waals surface area contributed by atoms with Crippen molar-refractivity contribution < 1.29 is 9.47 Å². The third kappa shape index (κ3) is 5.03. The standard InChI is InChI=1S/C15H21BrN2O2/c1-3-12(18)8-11-9-13(16)15(14(10-11)19-2)20-7-5-4-6-17/h9-10,12H,3-5,7-8,18H2,1-2H3. The van der Waals surface area contributed by atoms with Crippen LogP contribution < -0.4 is 15.2 Å². The van der Waals surface area contributed by atoms with Crippen molar-refractivity contribution in [2.75, 3.05) is 13.7 Å². The molecule has 0 spiro atoms. The smallest absolute Gasteiger partial charge is 0.175 e. The molecule has 0 aromatic heterocycles. The zero-order chi connectivity index (χ0) is 15.0. The summed E-state index contributed by atoms with van der Waals surface area (Å²) in [6, 6.07) is 6.21. The summed E-state index contributed by atoms with van der Waals surface area (Å²) in [6.45, 7) is 2.57. The van der Waals surface area contributed by atoms with Crippen LogP contribution in [0, 0.1) is 11.3 Å². The SMILES string of the molecule is CCC(N)Cc1cc(Br)c(OCCCC#N)c(OC)c1. The summed E-state index contributed by atoms with van der Waals surface area (Å²) in [4.78, 5) is 0. The average Bonchev–Trinajstić information content (AvgIpc) is 2.44. The third-order valence-electron chi connectivity index (χ3n) is 2.99. The molecular formula is C15H21BrN2O2. The van der Waals surface area contributed by atoms with Crippen molar-refractivity contribution in [3.63, 3.8) is 0 Å². The Morgan fingerprint density at radius 1 is 1.45 bits per heavy atom. The van der Waals surface area contributed by atoms with Crippen LogP contribution in [0.1, 0.15) is 31.7 Å². The van der Waals surface area contributed by atoms with Crippen LogP contribution in [0.2, 0.25) is 0 Å². The quantitative estimate of drug-likeness (QED) is 0.736. The van der Waals surface area contributed by atoms with Gasteiger partial charge in [-0.25, -0.2) is 0 Å². The molecule has 20 heavy (non-hydrogen) atoms. The molecule has 1 aromatic carbocycles. The molecule has 0 saturated heterocycles. The molecule has 2 N–H and O–H groups in total. The Morgan fingerprint density at radius 2 is 2.20 bits per heavy atom. The Hall–Kier alpha value is -1.25. The van der Waals surface area contributed by atoms with Gasteiger partial charge in [0.2, 0.25) is 0 Å². The predicted molar refractivity (Wildman–Crippen MR) is 83.0 cm³/mol. The van der Waals surface area contributed by atoms with Gasteiger partial charge < -0.3 is 15.2 Å². The van der Waals surface area contributed by atoms with Crippen LogP contribution in [0.25, 0.3) is 0 Å². The van der Waals surface area contributed by atoms with Crippen molar-refractivity contribution in [1.82, 2.24) is 0 Å². The number of nitrogens with zero attached hydrogens (tertiary/aromatic N) is 1. The Morgan fingerprint density at radius 3 is 2.80 bits per heavy atom. The van der Waals surface area contributed by atoms with E-state index in [1.807, 2.05) is 12.1 Å².